The maximum Gasteiger partial charge on any atom is -0.00878 e. The maximum atomic E-state index is 4.90. The summed E-state index contributed by atoms with van der Waals surface area (Å²) >= 11 is 0. The molecule has 3 aliphatic carbocycles. The Morgan fingerprint density at radius 3 is 2.34 bits per heavy atom. The third kappa shape index (κ3) is 7.36. The molecule has 182 valence electrons. The van der Waals surface area contributed by atoms with Crippen LogP contribution in [0.5, 0.6) is 0 Å². The van der Waals surface area contributed by atoms with Gasteiger partial charge in [-0.3, -0.25) is 0 Å². The van der Waals surface area contributed by atoms with Crippen LogP contribution in [0.2, 0.25) is 0 Å². The van der Waals surface area contributed by atoms with Gasteiger partial charge in [0.2, 0.25) is 0 Å². The third-order valence-corrected chi connectivity index (χ3v) is 9.62. The van der Waals surface area contributed by atoms with Gasteiger partial charge in [0.1, 0.15) is 0 Å². The van der Waals surface area contributed by atoms with Crippen molar-refractivity contribution in [3.63, 3.8) is 0 Å². The number of rotatable bonds is 12. The molecule has 0 nitrogen and oxygen atoms in total. The highest BCUT2D eigenvalue weighted by Gasteiger charge is 2.39. The molecular formula is C32H54. The van der Waals surface area contributed by atoms with Crippen molar-refractivity contribution in [2.45, 2.75) is 135 Å². The monoisotopic (exact) mass is 438 g/mol. The smallest absolute Gasteiger partial charge is 0.00878 e. The quantitative estimate of drug-likeness (QED) is 0.210. The van der Waals surface area contributed by atoms with E-state index in [-0.39, 0.29) is 0 Å². The van der Waals surface area contributed by atoms with Gasteiger partial charge in [-0.05, 0) is 99.7 Å². The third-order valence-electron chi connectivity index (χ3n) is 9.62. The number of unbranched alkanes of at least 4 members (excludes halogenated alkanes) is 3. The minimum absolute atomic E-state index is 0.476. The standard InChI is InChI=1S/C32H54/c1-4-6-7-13-24-32(25-14-8-15-26-32)27(3)31-19-12-11-18-30(31)17-10-9-16-29-22-20-28(5-2)21-23-29/h5,10,17,28-31H,2-4,6-9,11-16,18-26H2,1H3/b17-10+. The highest BCUT2D eigenvalue weighted by atomic mass is 14.4. The molecule has 0 aromatic rings. The van der Waals surface area contributed by atoms with Crippen LogP contribution < -0.4 is 0 Å². The lowest BCUT2D eigenvalue weighted by Gasteiger charge is -2.45. The van der Waals surface area contributed by atoms with E-state index in [4.69, 9.17) is 6.58 Å². The second kappa shape index (κ2) is 13.8. The van der Waals surface area contributed by atoms with Gasteiger partial charge in [0.25, 0.3) is 0 Å². The molecule has 0 N–H and O–H groups in total. The molecule has 0 aromatic carbocycles. The van der Waals surface area contributed by atoms with Crippen LogP contribution in [0.25, 0.3) is 0 Å². The fourth-order valence-corrected chi connectivity index (χ4v) is 7.38. The predicted molar refractivity (Wildman–Crippen MR) is 143 cm³/mol. The van der Waals surface area contributed by atoms with Crippen molar-refractivity contribution in [1.82, 2.24) is 0 Å². The average Bonchev–Trinajstić information content (AvgIpc) is 2.85. The Labute approximate surface area is 201 Å². The van der Waals surface area contributed by atoms with Crippen LogP contribution in [0.4, 0.5) is 0 Å². The van der Waals surface area contributed by atoms with Crippen molar-refractivity contribution in [3.8, 4) is 0 Å². The summed E-state index contributed by atoms with van der Waals surface area (Å²) < 4.78 is 0. The van der Waals surface area contributed by atoms with Crippen LogP contribution in [0.1, 0.15) is 135 Å². The first-order valence-electron chi connectivity index (χ1n) is 14.7. The van der Waals surface area contributed by atoms with E-state index < -0.39 is 0 Å². The number of hydrogen-bond donors (Lipinski definition) is 0. The van der Waals surface area contributed by atoms with Gasteiger partial charge in [-0.1, -0.05) is 95.1 Å². The summed E-state index contributed by atoms with van der Waals surface area (Å²) in [5, 5.41) is 0. The summed E-state index contributed by atoms with van der Waals surface area (Å²) in [6.45, 7) is 11.2. The largest absolute Gasteiger partial charge is 0.103 e. The van der Waals surface area contributed by atoms with Crippen LogP contribution in [0.15, 0.2) is 37.0 Å². The summed E-state index contributed by atoms with van der Waals surface area (Å²) in [4.78, 5) is 0. The average molecular weight is 439 g/mol. The maximum absolute atomic E-state index is 4.90. The molecular weight excluding hydrogens is 384 g/mol. The highest BCUT2D eigenvalue weighted by molar-refractivity contribution is 5.19. The highest BCUT2D eigenvalue weighted by Crippen LogP contribution is 2.52. The van der Waals surface area contributed by atoms with E-state index in [0.717, 1.165) is 23.7 Å². The van der Waals surface area contributed by atoms with Crippen molar-refractivity contribution in [3.05, 3.63) is 37.0 Å². The first-order chi connectivity index (χ1) is 15.7. The minimum Gasteiger partial charge on any atom is -0.103 e. The fraction of sp³-hybridized carbons (Fsp3) is 0.812. The van der Waals surface area contributed by atoms with E-state index in [1.165, 1.54) is 128 Å². The van der Waals surface area contributed by atoms with E-state index >= 15 is 0 Å². The molecule has 3 saturated carbocycles. The Morgan fingerprint density at radius 1 is 0.875 bits per heavy atom. The van der Waals surface area contributed by atoms with Gasteiger partial charge >= 0.3 is 0 Å². The molecule has 0 aliphatic heterocycles. The SMILES string of the molecule is C=CC1CCC(CC/C=C/C2CCCCC2C(=C)C2(CCCCCC)CCCCC2)CC1. The van der Waals surface area contributed by atoms with Gasteiger partial charge in [-0.25, -0.2) is 0 Å². The molecule has 3 aliphatic rings. The predicted octanol–water partition coefficient (Wildman–Crippen LogP) is 10.6. The Morgan fingerprint density at radius 2 is 1.62 bits per heavy atom. The first kappa shape index (κ1) is 25.8. The van der Waals surface area contributed by atoms with Crippen molar-refractivity contribution in [1.29, 1.82) is 0 Å². The molecule has 3 fully saturated rings. The van der Waals surface area contributed by atoms with E-state index in [0.29, 0.717) is 5.41 Å². The zero-order chi connectivity index (χ0) is 22.7. The summed E-state index contributed by atoms with van der Waals surface area (Å²) in [6, 6.07) is 0. The molecule has 0 aromatic heterocycles. The van der Waals surface area contributed by atoms with Crippen LogP contribution >= 0.6 is 0 Å². The van der Waals surface area contributed by atoms with Crippen LogP contribution in [-0.2, 0) is 0 Å². The molecule has 0 heterocycles. The zero-order valence-electron chi connectivity index (χ0n) is 21.6. The second-order valence-corrected chi connectivity index (χ2v) is 11.8. The van der Waals surface area contributed by atoms with E-state index in [9.17, 15) is 0 Å². The first-order valence-corrected chi connectivity index (χ1v) is 14.7. The molecule has 0 saturated heterocycles. The Kier molecular flexibility index (Phi) is 11.2. The minimum atomic E-state index is 0.476. The number of allylic oxidation sites excluding steroid dienone is 4. The molecule has 0 bridgehead atoms. The van der Waals surface area contributed by atoms with Gasteiger partial charge < -0.3 is 0 Å². The van der Waals surface area contributed by atoms with Crippen molar-refractivity contribution in [2.24, 2.45) is 29.1 Å². The lowest BCUT2D eigenvalue weighted by Crippen LogP contribution is -2.33. The molecule has 32 heavy (non-hydrogen) atoms. The van der Waals surface area contributed by atoms with Gasteiger partial charge in [0.05, 0.1) is 0 Å². The van der Waals surface area contributed by atoms with E-state index in [2.05, 4.69) is 31.7 Å². The van der Waals surface area contributed by atoms with E-state index in [1.54, 1.807) is 5.57 Å². The zero-order valence-corrected chi connectivity index (χ0v) is 21.6. The van der Waals surface area contributed by atoms with E-state index in [1.807, 2.05) is 0 Å². The van der Waals surface area contributed by atoms with Crippen LogP contribution in [0, 0.1) is 29.1 Å². The summed E-state index contributed by atoms with van der Waals surface area (Å²) in [6.07, 6.45) is 35.6. The van der Waals surface area contributed by atoms with Gasteiger partial charge in [0, 0.05) is 0 Å². The summed E-state index contributed by atoms with van der Waals surface area (Å²) in [5.41, 5.74) is 2.16. The molecule has 0 heteroatoms. The Hall–Kier alpha value is -0.780. The van der Waals surface area contributed by atoms with Gasteiger partial charge in [0.15, 0.2) is 0 Å². The number of hydrogen-bond acceptors (Lipinski definition) is 0. The lowest BCUT2D eigenvalue weighted by atomic mass is 9.60. The molecule has 3 rings (SSSR count). The molecule has 2 atom stereocenters. The van der Waals surface area contributed by atoms with Crippen LogP contribution in [0.3, 0.4) is 0 Å². The Balaban J connectivity index is 1.54. The van der Waals surface area contributed by atoms with Gasteiger partial charge in [-0.15, -0.1) is 6.58 Å². The topological polar surface area (TPSA) is 0 Å². The molecule has 2 unspecified atom stereocenters. The molecule has 0 radical (unpaired) electrons. The summed E-state index contributed by atoms with van der Waals surface area (Å²) in [5.74, 6) is 3.28. The molecule has 0 amide bonds. The lowest BCUT2D eigenvalue weighted by molar-refractivity contribution is 0.172. The Bertz CT molecular complexity index is 567. The molecule has 0 spiro atoms. The van der Waals surface area contributed by atoms with Gasteiger partial charge in [-0.2, -0.15) is 0 Å². The normalized spacial score (nSPS) is 30.9. The van der Waals surface area contributed by atoms with Crippen molar-refractivity contribution in [2.75, 3.05) is 0 Å². The van der Waals surface area contributed by atoms with Crippen LogP contribution in [-0.4, -0.2) is 0 Å². The summed E-state index contributed by atoms with van der Waals surface area (Å²) in [7, 11) is 0. The fourth-order valence-electron chi connectivity index (χ4n) is 7.38. The van der Waals surface area contributed by atoms with Crippen molar-refractivity contribution < 1.29 is 0 Å². The second-order valence-electron chi connectivity index (χ2n) is 11.8. The van der Waals surface area contributed by atoms with Crippen molar-refractivity contribution >= 4 is 0 Å².